The fourth-order valence-corrected chi connectivity index (χ4v) is 0.416. The number of aliphatic hydroxyl groups is 1. The van der Waals surface area contributed by atoms with E-state index in [9.17, 15) is 9.59 Å². The van der Waals surface area contributed by atoms with E-state index in [2.05, 4.69) is 4.74 Å². The van der Waals surface area contributed by atoms with Crippen molar-refractivity contribution in [3.05, 3.63) is 0 Å². The highest BCUT2D eigenvalue weighted by atomic mass is 16.5. The third-order valence-electron chi connectivity index (χ3n) is 0.922. The van der Waals surface area contributed by atoms with Crippen molar-refractivity contribution in [2.75, 3.05) is 6.61 Å². The van der Waals surface area contributed by atoms with Gasteiger partial charge in [0.15, 0.2) is 0 Å². The molecule has 0 amide bonds. The molecular weight excluding hydrogens is 150 g/mol. The highest BCUT2D eigenvalue weighted by molar-refractivity contribution is 6.33. The van der Waals surface area contributed by atoms with Crippen LogP contribution in [0.2, 0.25) is 0 Å². The van der Waals surface area contributed by atoms with Crippen LogP contribution in [0.25, 0.3) is 0 Å². The molecule has 2 N–H and O–H groups in total. The SMILES string of the molecule is CCOC(=O)C(O)C(=O)C=N. The molecule has 0 fully saturated rings. The number of esters is 1. The maximum atomic E-state index is 10.5. The molecule has 5 nitrogen and oxygen atoms in total. The number of carbonyl (C=O) groups is 2. The van der Waals surface area contributed by atoms with Crippen molar-refractivity contribution >= 4 is 18.0 Å². The summed E-state index contributed by atoms with van der Waals surface area (Å²) in [5, 5.41) is 15.2. The predicted octanol–water partition coefficient (Wildman–Crippen LogP) is -0.871. The molecule has 0 rings (SSSR count). The van der Waals surface area contributed by atoms with Gasteiger partial charge in [-0.2, -0.15) is 0 Å². The van der Waals surface area contributed by atoms with E-state index in [1.165, 1.54) is 0 Å². The van der Waals surface area contributed by atoms with Crippen molar-refractivity contribution in [1.82, 2.24) is 0 Å². The number of aliphatic hydroxyl groups excluding tert-OH is 1. The lowest BCUT2D eigenvalue weighted by atomic mass is 10.2. The summed E-state index contributed by atoms with van der Waals surface area (Å²) in [5.41, 5.74) is 0. The smallest absolute Gasteiger partial charge is 0.343 e. The summed E-state index contributed by atoms with van der Waals surface area (Å²) in [6, 6.07) is 0. The van der Waals surface area contributed by atoms with E-state index in [4.69, 9.17) is 10.5 Å². The molecule has 0 spiro atoms. The zero-order valence-corrected chi connectivity index (χ0v) is 6.03. The molecule has 1 unspecified atom stereocenters. The van der Waals surface area contributed by atoms with Gasteiger partial charge in [-0.3, -0.25) is 4.79 Å². The van der Waals surface area contributed by atoms with Gasteiger partial charge in [-0.1, -0.05) is 0 Å². The minimum Gasteiger partial charge on any atom is -0.464 e. The Bertz CT molecular complexity index is 177. The Labute approximate surface area is 63.5 Å². The average molecular weight is 159 g/mol. The number of ether oxygens (including phenoxy) is 1. The monoisotopic (exact) mass is 159 g/mol. The third-order valence-corrected chi connectivity index (χ3v) is 0.922. The molecule has 0 aliphatic heterocycles. The molecule has 0 saturated carbocycles. The van der Waals surface area contributed by atoms with Crippen molar-refractivity contribution in [2.45, 2.75) is 13.0 Å². The molecular formula is C6H9NO4. The first-order valence-electron chi connectivity index (χ1n) is 3.02. The van der Waals surface area contributed by atoms with E-state index in [1.54, 1.807) is 6.92 Å². The van der Waals surface area contributed by atoms with Crippen LogP contribution in [-0.4, -0.2) is 35.8 Å². The largest absolute Gasteiger partial charge is 0.464 e. The molecule has 0 bridgehead atoms. The van der Waals surface area contributed by atoms with E-state index in [0.29, 0.717) is 6.21 Å². The number of hydrogen-bond donors (Lipinski definition) is 2. The van der Waals surface area contributed by atoms with Gasteiger partial charge in [0.05, 0.1) is 12.8 Å². The lowest BCUT2D eigenvalue weighted by Gasteiger charge is -2.04. The summed E-state index contributed by atoms with van der Waals surface area (Å²) in [6.07, 6.45) is -1.46. The van der Waals surface area contributed by atoms with Crippen molar-refractivity contribution in [2.24, 2.45) is 0 Å². The Balaban J connectivity index is 4.01. The van der Waals surface area contributed by atoms with Crippen LogP contribution in [0.15, 0.2) is 0 Å². The summed E-state index contributed by atoms with van der Waals surface area (Å²) in [6.45, 7) is 1.65. The zero-order chi connectivity index (χ0) is 8.85. The maximum absolute atomic E-state index is 10.5. The quantitative estimate of drug-likeness (QED) is 0.317. The van der Waals surface area contributed by atoms with Gasteiger partial charge in [-0.05, 0) is 6.92 Å². The Morgan fingerprint density at radius 3 is 2.64 bits per heavy atom. The van der Waals surface area contributed by atoms with Crippen LogP contribution in [0.3, 0.4) is 0 Å². The van der Waals surface area contributed by atoms with Gasteiger partial charge >= 0.3 is 5.97 Å². The maximum Gasteiger partial charge on any atom is 0.343 e. The topological polar surface area (TPSA) is 87.5 Å². The molecule has 0 aromatic carbocycles. The highest BCUT2D eigenvalue weighted by Crippen LogP contribution is 1.88. The molecule has 1 atom stereocenters. The minimum atomic E-state index is -1.84. The van der Waals surface area contributed by atoms with Crippen LogP contribution < -0.4 is 0 Å². The lowest BCUT2D eigenvalue weighted by Crippen LogP contribution is -2.32. The second kappa shape index (κ2) is 4.56. The first-order chi connectivity index (χ1) is 5.13. The number of nitrogens with one attached hydrogen (secondary N) is 1. The Hall–Kier alpha value is -1.23. The molecule has 5 heteroatoms. The second-order valence-electron chi connectivity index (χ2n) is 1.70. The molecule has 0 heterocycles. The number of carbonyl (C=O) groups excluding carboxylic acids is 2. The Morgan fingerprint density at radius 1 is 1.73 bits per heavy atom. The number of ketones is 1. The summed E-state index contributed by atoms with van der Waals surface area (Å²) < 4.78 is 4.31. The number of hydrogen-bond acceptors (Lipinski definition) is 5. The molecule has 0 aliphatic rings. The van der Waals surface area contributed by atoms with Gasteiger partial charge in [0, 0.05) is 0 Å². The Morgan fingerprint density at radius 2 is 2.27 bits per heavy atom. The van der Waals surface area contributed by atoms with Gasteiger partial charge in [0.1, 0.15) is 0 Å². The van der Waals surface area contributed by atoms with Crippen LogP contribution in [0.5, 0.6) is 0 Å². The normalized spacial score (nSPS) is 11.8. The lowest BCUT2D eigenvalue weighted by molar-refractivity contribution is -0.155. The molecule has 11 heavy (non-hydrogen) atoms. The molecule has 0 aromatic heterocycles. The first kappa shape index (κ1) is 9.77. The van der Waals surface area contributed by atoms with Gasteiger partial charge in [-0.25, -0.2) is 4.79 Å². The zero-order valence-electron chi connectivity index (χ0n) is 6.03. The number of Topliss-reactive ketones (excluding diaryl/α,β-unsaturated/α-hetero) is 1. The third kappa shape index (κ3) is 2.90. The fraction of sp³-hybridized carbons (Fsp3) is 0.500. The Kier molecular flexibility index (Phi) is 4.05. The number of rotatable bonds is 4. The summed E-state index contributed by atoms with van der Waals surface area (Å²) in [7, 11) is 0. The van der Waals surface area contributed by atoms with Crippen molar-refractivity contribution < 1.29 is 19.4 Å². The highest BCUT2D eigenvalue weighted by Gasteiger charge is 2.22. The molecule has 0 saturated heterocycles. The second-order valence-corrected chi connectivity index (χ2v) is 1.70. The standard InChI is InChI=1S/C6H9NO4/c1-2-11-6(10)5(9)4(8)3-7/h3,5,7,9H,2H2,1H3. The molecule has 0 aromatic rings. The van der Waals surface area contributed by atoms with Crippen molar-refractivity contribution in [1.29, 1.82) is 5.41 Å². The summed E-state index contributed by atoms with van der Waals surface area (Å²) in [4.78, 5) is 21.0. The van der Waals surface area contributed by atoms with E-state index >= 15 is 0 Å². The predicted molar refractivity (Wildman–Crippen MR) is 36.4 cm³/mol. The van der Waals surface area contributed by atoms with Crippen molar-refractivity contribution in [3.63, 3.8) is 0 Å². The van der Waals surface area contributed by atoms with Gasteiger partial charge in [0.25, 0.3) is 0 Å². The first-order valence-corrected chi connectivity index (χ1v) is 3.02. The van der Waals surface area contributed by atoms with Crippen LogP contribution >= 0.6 is 0 Å². The van der Waals surface area contributed by atoms with Crippen LogP contribution in [0, 0.1) is 5.41 Å². The fourth-order valence-electron chi connectivity index (χ4n) is 0.416. The summed E-state index contributed by atoms with van der Waals surface area (Å²) in [5.74, 6) is -1.98. The van der Waals surface area contributed by atoms with Gasteiger partial charge < -0.3 is 15.3 Å². The molecule has 0 aliphatic carbocycles. The molecule has 0 radical (unpaired) electrons. The van der Waals surface area contributed by atoms with Crippen LogP contribution in [0.4, 0.5) is 0 Å². The van der Waals surface area contributed by atoms with Crippen LogP contribution in [-0.2, 0) is 14.3 Å². The van der Waals surface area contributed by atoms with E-state index in [-0.39, 0.29) is 6.61 Å². The van der Waals surface area contributed by atoms with Gasteiger partial charge in [-0.15, -0.1) is 0 Å². The molecule has 62 valence electrons. The minimum absolute atomic E-state index is 0.0984. The van der Waals surface area contributed by atoms with E-state index in [1.807, 2.05) is 0 Å². The summed E-state index contributed by atoms with van der Waals surface area (Å²) >= 11 is 0. The average Bonchev–Trinajstić information content (AvgIpc) is 2.02. The van der Waals surface area contributed by atoms with Gasteiger partial charge in [0.2, 0.25) is 11.9 Å². The van der Waals surface area contributed by atoms with Crippen LogP contribution in [0.1, 0.15) is 6.92 Å². The van der Waals surface area contributed by atoms with E-state index in [0.717, 1.165) is 0 Å². The van der Waals surface area contributed by atoms with Crippen molar-refractivity contribution in [3.8, 4) is 0 Å². The van der Waals surface area contributed by atoms with E-state index < -0.39 is 17.9 Å².